The molecule has 7 heteroatoms. The molecular weight excluding hydrogens is 234 g/mol. The van der Waals surface area contributed by atoms with E-state index in [1.807, 2.05) is 4.90 Å². The van der Waals surface area contributed by atoms with Crippen molar-refractivity contribution < 1.29 is 23.1 Å². The van der Waals surface area contributed by atoms with Gasteiger partial charge in [-0.3, -0.25) is 9.69 Å². The smallest absolute Gasteiger partial charge is 0.304 e. The molecule has 1 fully saturated rings. The Labute approximate surface area is 95.1 Å². The summed E-state index contributed by atoms with van der Waals surface area (Å²) in [5.74, 6) is -1.32. The van der Waals surface area contributed by atoms with Crippen LogP contribution in [-0.2, 0) is 19.4 Å². The van der Waals surface area contributed by atoms with Gasteiger partial charge < -0.3 is 9.84 Å². The van der Waals surface area contributed by atoms with Crippen LogP contribution < -0.4 is 0 Å². The maximum Gasteiger partial charge on any atom is 0.304 e. The Hall–Kier alpha value is -0.660. The molecule has 0 saturated carbocycles. The van der Waals surface area contributed by atoms with Crippen LogP contribution in [0.5, 0.6) is 0 Å². The van der Waals surface area contributed by atoms with Crippen LogP contribution in [-0.4, -0.2) is 68.7 Å². The fourth-order valence-electron chi connectivity index (χ4n) is 1.44. The first-order chi connectivity index (χ1) is 7.49. The molecule has 1 N–H and O–H groups in total. The SMILES string of the molecule is O=C(O)CCS(=O)(=O)CCN1CCOCC1. The monoisotopic (exact) mass is 251 g/mol. The molecular formula is C9H17NO5S. The third kappa shape index (κ3) is 5.43. The van der Waals surface area contributed by atoms with Crippen molar-refractivity contribution in [3.05, 3.63) is 0 Å². The number of morpholine rings is 1. The number of hydrogen-bond donors (Lipinski definition) is 1. The highest BCUT2D eigenvalue weighted by Crippen LogP contribution is 2.00. The number of carbonyl (C=O) groups is 1. The predicted molar refractivity (Wildman–Crippen MR) is 58.2 cm³/mol. The van der Waals surface area contributed by atoms with Crippen LogP contribution in [0.4, 0.5) is 0 Å². The quantitative estimate of drug-likeness (QED) is 0.666. The van der Waals surface area contributed by atoms with Gasteiger partial charge in [0, 0.05) is 19.6 Å². The number of carboxylic acids is 1. The standard InChI is InChI=1S/C9H17NO5S/c11-9(12)1-7-16(13,14)8-4-10-2-5-15-6-3-10/h1-8H2,(H,11,12). The molecule has 0 aromatic rings. The molecule has 6 nitrogen and oxygen atoms in total. The van der Waals surface area contributed by atoms with E-state index in [0.29, 0.717) is 19.8 Å². The van der Waals surface area contributed by atoms with Crippen molar-refractivity contribution in [2.45, 2.75) is 6.42 Å². The molecule has 0 bridgehead atoms. The van der Waals surface area contributed by atoms with Gasteiger partial charge in [0.1, 0.15) is 0 Å². The molecule has 94 valence electrons. The molecule has 0 spiro atoms. The van der Waals surface area contributed by atoms with Gasteiger partial charge in [-0.25, -0.2) is 8.42 Å². The Bertz CT molecular complexity index is 321. The van der Waals surface area contributed by atoms with Crippen LogP contribution in [0.15, 0.2) is 0 Å². The van der Waals surface area contributed by atoms with Crippen molar-refractivity contribution >= 4 is 15.8 Å². The summed E-state index contributed by atoms with van der Waals surface area (Å²) in [4.78, 5) is 12.3. The van der Waals surface area contributed by atoms with E-state index in [1.165, 1.54) is 0 Å². The molecule has 0 unspecified atom stereocenters. The highest BCUT2D eigenvalue weighted by Gasteiger charge is 2.16. The molecule has 1 saturated heterocycles. The van der Waals surface area contributed by atoms with Crippen LogP contribution in [0.2, 0.25) is 0 Å². The molecule has 1 heterocycles. The number of ether oxygens (including phenoxy) is 1. The normalized spacial score (nSPS) is 18.5. The van der Waals surface area contributed by atoms with Crippen LogP contribution in [0.3, 0.4) is 0 Å². The molecule has 0 aromatic carbocycles. The number of nitrogens with zero attached hydrogens (tertiary/aromatic N) is 1. The van der Waals surface area contributed by atoms with Crippen molar-refractivity contribution in [2.75, 3.05) is 44.4 Å². The number of hydrogen-bond acceptors (Lipinski definition) is 5. The number of carboxylic acid groups (broad SMARTS) is 1. The zero-order valence-corrected chi connectivity index (χ0v) is 9.91. The molecule has 0 aromatic heterocycles. The number of aliphatic carboxylic acids is 1. The van der Waals surface area contributed by atoms with E-state index in [2.05, 4.69) is 0 Å². The minimum Gasteiger partial charge on any atom is -0.481 e. The topological polar surface area (TPSA) is 83.9 Å². The Morgan fingerprint density at radius 2 is 1.88 bits per heavy atom. The van der Waals surface area contributed by atoms with E-state index in [1.54, 1.807) is 0 Å². The summed E-state index contributed by atoms with van der Waals surface area (Å²) < 4.78 is 28.1. The fraction of sp³-hybridized carbons (Fsp3) is 0.889. The average Bonchev–Trinajstić information content (AvgIpc) is 2.26. The summed E-state index contributed by atoms with van der Waals surface area (Å²) in [6, 6.07) is 0. The van der Waals surface area contributed by atoms with Gasteiger partial charge in [0.05, 0.1) is 31.1 Å². The van der Waals surface area contributed by atoms with Crippen molar-refractivity contribution in [2.24, 2.45) is 0 Å². The molecule has 0 aliphatic carbocycles. The van der Waals surface area contributed by atoms with Gasteiger partial charge in [0.15, 0.2) is 9.84 Å². The van der Waals surface area contributed by atoms with E-state index < -0.39 is 15.8 Å². The molecule has 1 aliphatic heterocycles. The lowest BCUT2D eigenvalue weighted by molar-refractivity contribution is -0.136. The molecule has 1 rings (SSSR count). The summed E-state index contributed by atoms with van der Waals surface area (Å²) in [7, 11) is -3.24. The summed E-state index contributed by atoms with van der Waals surface area (Å²) in [6.07, 6.45) is -0.314. The van der Waals surface area contributed by atoms with Crippen molar-refractivity contribution in [3.63, 3.8) is 0 Å². The minimum absolute atomic E-state index is 0.0281. The predicted octanol–water partition coefficient (Wildman–Crippen LogP) is -0.792. The molecule has 0 amide bonds. The highest BCUT2D eigenvalue weighted by atomic mass is 32.2. The fourth-order valence-corrected chi connectivity index (χ4v) is 2.66. The second-order valence-electron chi connectivity index (χ2n) is 3.75. The number of sulfone groups is 1. The summed E-state index contributed by atoms with van der Waals surface area (Å²) in [5.41, 5.74) is 0. The third-order valence-electron chi connectivity index (χ3n) is 2.45. The lowest BCUT2D eigenvalue weighted by Crippen LogP contribution is -2.39. The molecule has 1 aliphatic rings. The summed E-state index contributed by atoms with van der Waals surface area (Å²) in [5, 5.41) is 8.40. The molecule has 0 radical (unpaired) electrons. The maximum atomic E-state index is 11.5. The van der Waals surface area contributed by atoms with Gasteiger partial charge >= 0.3 is 5.97 Å². The van der Waals surface area contributed by atoms with Gasteiger partial charge in [0.25, 0.3) is 0 Å². The lowest BCUT2D eigenvalue weighted by atomic mass is 10.4. The third-order valence-corrected chi connectivity index (χ3v) is 4.08. The average molecular weight is 251 g/mol. The zero-order valence-electron chi connectivity index (χ0n) is 9.09. The Balaban J connectivity index is 2.26. The van der Waals surface area contributed by atoms with Gasteiger partial charge in [-0.15, -0.1) is 0 Å². The Morgan fingerprint density at radius 3 is 2.44 bits per heavy atom. The van der Waals surface area contributed by atoms with Crippen LogP contribution in [0.1, 0.15) is 6.42 Å². The molecule has 0 atom stereocenters. The Morgan fingerprint density at radius 1 is 1.25 bits per heavy atom. The number of rotatable bonds is 6. The Kier molecular flexibility index (Phi) is 5.17. The first kappa shape index (κ1) is 13.4. The van der Waals surface area contributed by atoms with Crippen LogP contribution in [0.25, 0.3) is 0 Å². The van der Waals surface area contributed by atoms with Gasteiger partial charge in [-0.2, -0.15) is 0 Å². The maximum absolute atomic E-state index is 11.5. The summed E-state index contributed by atoms with van der Waals surface area (Å²) >= 11 is 0. The molecule has 16 heavy (non-hydrogen) atoms. The highest BCUT2D eigenvalue weighted by molar-refractivity contribution is 7.91. The zero-order chi connectivity index (χ0) is 12.0. The summed E-state index contributed by atoms with van der Waals surface area (Å²) in [6.45, 7) is 3.22. The van der Waals surface area contributed by atoms with Gasteiger partial charge in [-0.05, 0) is 0 Å². The first-order valence-corrected chi connectivity index (χ1v) is 7.04. The van der Waals surface area contributed by atoms with E-state index in [0.717, 1.165) is 13.1 Å². The van der Waals surface area contributed by atoms with E-state index >= 15 is 0 Å². The van der Waals surface area contributed by atoms with E-state index in [9.17, 15) is 13.2 Å². The van der Waals surface area contributed by atoms with Crippen LogP contribution in [0, 0.1) is 0 Å². The first-order valence-electron chi connectivity index (χ1n) is 5.22. The van der Waals surface area contributed by atoms with E-state index in [-0.39, 0.29) is 17.9 Å². The van der Waals surface area contributed by atoms with E-state index in [4.69, 9.17) is 9.84 Å². The van der Waals surface area contributed by atoms with Crippen LogP contribution >= 0.6 is 0 Å². The lowest BCUT2D eigenvalue weighted by Gasteiger charge is -2.26. The minimum atomic E-state index is -3.24. The van der Waals surface area contributed by atoms with Gasteiger partial charge in [-0.1, -0.05) is 0 Å². The largest absolute Gasteiger partial charge is 0.481 e. The van der Waals surface area contributed by atoms with Crippen molar-refractivity contribution in [1.82, 2.24) is 4.90 Å². The second-order valence-corrected chi connectivity index (χ2v) is 6.05. The van der Waals surface area contributed by atoms with Crippen molar-refractivity contribution in [1.29, 1.82) is 0 Å². The second kappa shape index (κ2) is 6.17. The van der Waals surface area contributed by atoms with Crippen molar-refractivity contribution in [3.8, 4) is 0 Å². The van der Waals surface area contributed by atoms with Gasteiger partial charge in [0.2, 0.25) is 0 Å².